The van der Waals surface area contributed by atoms with E-state index in [1.807, 2.05) is 6.92 Å². The quantitative estimate of drug-likeness (QED) is 0.568. The van der Waals surface area contributed by atoms with Gasteiger partial charge in [0.05, 0.1) is 6.61 Å². The minimum Gasteiger partial charge on any atom is -0.483 e. The van der Waals surface area contributed by atoms with E-state index in [1.54, 1.807) is 0 Å². The lowest BCUT2D eigenvalue weighted by Gasteiger charge is -2.03. The molecule has 0 radical (unpaired) electrons. The molecule has 0 aliphatic heterocycles. The number of ether oxygens (including phenoxy) is 1. The summed E-state index contributed by atoms with van der Waals surface area (Å²) in [6.07, 6.45) is 5.70. The summed E-state index contributed by atoms with van der Waals surface area (Å²) in [5.74, 6) is 0. The van der Waals surface area contributed by atoms with Crippen LogP contribution in [0.15, 0.2) is 11.6 Å². The van der Waals surface area contributed by atoms with Crippen molar-refractivity contribution in [3.05, 3.63) is 11.6 Å². The molecule has 1 aliphatic rings. The van der Waals surface area contributed by atoms with Crippen molar-refractivity contribution in [1.29, 1.82) is 0 Å². The maximum absolute atomic E-state index is 5.19. The van der Waals surface area contributed by atoms with Crippen LogP contribution in [0, 0.1) is 0 Å². The summed E-state index contributed by atoms with van der Waals surface area (Å²) in [6, 6.07) is 0. The fourth-order valence-electron chi connectivity index (χ4n) is 1.08. The SMILES string of the molecule is CCOC(=S)C1=CCCC1. The molecule has 2 heteroatoms. The molecule has 1 nitrogen and oxygen atoms in total. The van der Waals surface area contributed by atoms with E-state index < -0.39 is 0 Å². The third kappa shape index (κ3) is 1.81. The lowest BCUT2D eigenvalue weighted by atomic mass is 10.2. The van der Waals surface area contributed by atoms with E-state index in [0.29, 0.717) is 11.7 Å². The topological polar surface area (TPSA) is 9.23 Å². The summed E-state index contributed by atoms with van der Waals surface area (Å²) in [5.41, 5.74) is 1.23. The Balaban J connectivity index is 2.40. The Hall–Kier alpha value is -0.370. The molecular formula is C8H12OS. The van der Waals surface area contributed by atoms with Gasteiger partial charge in [-0.05, 0) is 38.4 Å². The van der Waals surface area contributed by atoms with Crippen molar-refractivity contribution in [2.45, 2.75) is 26.2 Å². The normalized spacial score (nSPS) is 16.7. The summed E-state index contributed by atoms with van der Waals surface area (Å²) >= 11 is 5.02. The first-order chi connectivity index (χ1) is 4.84. The molecular weight excluding hydrogens is 144 g/mol. The van der Waals surface area contributed by atoms with Crippen molar-refractivity contribution < 1.29 is 4.74 Å². The second-order valence-corrected chi connectivity index (χ2v) is 2.71. The largest absolute Gasteiger partial charge is 0.483 e. The Morgan fingerprint density at radius 3 is 3.10 bits per heavy atom. The second-order valence-electron chi connectivity index (χ2n) is 2.34. The zero-order valence-electron chi connectivity index (χ0n) is 6.22. The molecule has 0 aromatic heterocycles. The average molecular weight is 156 g/mol. The molecule has 0 fully saturated rings. The Morgan fingerprint density at radius 1 is 1.80 bits per heavy atom. The van der Waals surface area contributed by atoms with Gasteiger partial charge in [0, 0.05) is 5.57 Å². The Morgan fingerprint density at radius 2 is 2.60 bits per heavy atom. The van der Waals surface area contributed by atoms with Crippen LogP contribution < -0.4 is 0 Å². The molecule has 10 heavy (non-hydrogen) atoms. The Bertz CT molecular complexity index is 161. The minimum absolute atomic E-state index is 0.691. The number of allylic oxidation sites excluding steroid dienone is 1. The van der Waals surface area contributed by atoms with Crippen LogP contribution in [0.1, 0.15) is 26.2 Å². The molecule has 0 saturated heterocycles. The minimum atomic E-state index is 0.691. The average Bonchev–Trinajstić information content (AvgIpc) is 2.38. The molecule has 1 aliphatic carbocycles. The first-order valence-corrected chi connectivity index (χ1v) is 4.11. The van der Waals surface area contributed by atoms with Crippen molar-refractivity contribution >= 4 is 17.3 Å². The highest BCUT2D eigenvalue weighted by Crippen LogP contribution is 2.19. The molecule has 0 aromatic carbocycles. The van der Waals surface area contributed by atoms with Crippen LogP contribution in [-0.4, -0.2) is 11.7 Å². The van der Waals surface area contributed by atoms with Crippen LogP contribution >= 0.6 is 12.2 Å². The molecule has 0 atom stereocenters. The lowest BCUT2D eigenvalue weighted by molar-refractivity contribution is 0.336. The summed E-state index contributed by atoms with van der Waals surface area (Å²) in [4.78, 5) is 0. The highest BCUT2D eigenvalue weighted by Gasteiger charge is 2.09. The zero-order valence-corrected chi connectivity index (χ0v) is 7.04. The summed E-state index contributed by atoms with van der Waals surface area (Å²) < 4.78 is 5.19. The van der Waals surface area contributed by atoms with Gasteiger partial charge in [0.25, 0.3) is 0 Å². The molecule has 0 unspecified atom stereocenters. The highest BCUT2D eigenvalue weighted by molar-refractivity contribution is 7.80. The van der Waals surface area contributed by atoms with E-state index in [0.717, 1.165) is 6.42 Å². The number of thiocarbonyl (C=S) groups is 1. The van der Waals surface area contributed by atoms with Gasteiger partial charge >= 0.3 is 0 Å². The van der Waals surface area contributed by atoms with Crippen molar-refractivity contribution in [2.24, 2.45) is 0 Å². The fourth-order valence-corrected chi connectivity index (χ4v) is 1.38. The van der Waals surface area contributed by atoms with Crippen molar-refractivity contribution in [3.63, 3.8) is 0 Å². The molecule has 56 valence electrons. The van der Waals surface area contributed by atoms with Crippen LogP contribution in [0.3, 0.4) is 0 Å². The fraction of sp³-hybridized carbons (Fsp3) is 0.625. The zero-order chi connectivity index (χ0) is 7.40. The Labute approximate surface area is 67.1 Å². The second kappa shape index (κ2) is 3.71. The van der Waals surface area contributed by atoms with E-state index in [1.165, 1.54) is 18.4 Å². The van der Waals surface area contributed by atoms with E-state index in [9.17, 15) is 0 Å². The van der Waals surface area contributed by atoms with Gasteiger partial charge in [-0.25, -0.2) is 0 Å². The summed E-state index contributed by atoms with van der Waals surface area (Å²) in [7, 11) is 0. The van der Waals surface area contributed by atoms with E-state index in [4.69, 9.17) is 17.0 Å². The van der Waals surface area contributed by atoms with Crippen molar-refractivity contribution in [1.82, 2.24) is 0 Å². The van der Waals surface area contributed by atoms with Gasteiger partial charge in [-0.1, -0.05) is 6.08 Å². The third-order valence-corrected chi connectivity index (χ3v) is 1.96. The number of hydrogen-bond acceptors (Lipinski definition) is 2. The Kier molecular flexibility index (Phi) is 2.87. The van der Waals surface area contributed by atoms with Crippen LogP contribution in [0.2, 0.25) is 0 Å². The molecule has 0 bridgehead atoms. The highest BCUT2D eigenvalue weighted by atomic mass is 32.1. The smallest absolute Gasteiger partial charge is 0.186 e. The molecule has 1 rings (SSSR count). The van der Waals surface area contributed by atoms with Crippen LogP contribution in [0.5, 0.6) is 0 Å². The van der Waals surface area contributed by atoms with Gasteiger partial charge in [-0.3, -0.25) is 0 Å². The molecule has 0 N–H and O–H groups in total. The van der Waals surface area contributed by atoms with Gasteiger partial charge in [-0.15, -0.1) is 0 Å². The van der Waals surface area contributed by atoms with Crippen LogP contribution in [-0.2, 0) is 4.74 Å². The van der Waals surface area contributed by atoms with Crippen molar-refractivity contribution in [2.75, 3.05) is 6.61 Å². The standard InChI is InChI=1S/C8H12OS/c1-2-9-8(10)7-5-3-4-6-7/h5H,2-4,6H2,1H3. The van der Waals surface area contributed by atoms with E-state index >= 15 is 0 Å². The summed E-state index contributed by atoms with van der Waals surface area (Å²) in [5, 5.41) is 0.708. The molecule has 0 heterocycles. The first kappa shape index (κ1) is 7.73. The van der Waals surface area contributed by atoms with Gasteiger partial charge in [0.15, 0.2) is 5.05 Å². The predicted octanol–water partition coefficient (Wildman–Crippen LogP) is 2.46. The first-order valence-electron chi connectivity index (χ1n) is 3.70. The number of rotatable bonds is 2. The summed E-state index contributed by atoms with van der Waals surface area (Å²) in [6.45, 7) is 2.65. The van der Waals surface area contributed by atoms with Gasteiger partial charge in [0.1, 0.15) is 0 Å². The predicted molar refractivity (Wildman–Crippen MR) is 46.2 cm³/mol. The van der Waals surface area contributed by atoms with E-state index in [2.05, 4.69) is 6.08 Å². The van der Waals surface area contributed by atoms with Crippen LogP contribution in [0.25, 0.3) is 0 Å². The van der Waals surface area contributed by atoms with Gasteiger partial charge in [0.2, 0.25) is 0 Å². The molecule has 0 spiro atoms. The monoisotopic (exact) mass is 156 g/mol. The van der Waals surface area contributed by atoms with Crippen LogP contribution in [0.4, 0.5) is 0 Å². The van der Waals surface area contributed by atoms with Crippen molar-refractivity contribution in [3.8, 4) is 0 Å². The molecule has 0 amide bonds. The maximum atomic E-state index is 5.19. The van der Waals surface area contributed by atoms with E-state index in [-0.39, 0.29) is 0 Å². The molecule has 0 aromatic rings. The molecule has 0 saturated carbocycles. The lowest BCUT2D eigenvalue weighted by Crippen LogP contribution is -2.02. The number of hydrogen-bond donors (Lipinski definition) is 0. The maximum Gasteiger partial charge on any atom is 0.186 e. The van der Waals surface area contributed by atoms with Gasteiger partial charge in [-0.2, -0.15) is 0 Å². The van der Waals surface area contributed by atoms with Gasteiger partial charge < -0.3 is 4.74 Å². The third-order valence-electron chi connectivity index (χ3n) is 1.58.